The molecule has 1 aliphatic rings. The van der Waals surface area contributed by atoms with Crippen molar-refractivity contribution in [3.63, 3.8) is 0 Å². The van der Waals surface area contributed by atoms with Crippen molar-refractivity contribution in [1.29, 1.82) is 0 Å². The maximum Gasteiger partial charge on any atom is 0.186 e. The molecule has 0 unspecified atom stereocenters. The first-order valence-corrected chi connectivity index (χ1v) is 13.1. The molecule has 3 aromatic carbocycles. The van der Waals surface area contributed by atoms with Crippen LogP contribution in [0.15, 0.2) is 72.8 Å². The molecule has 1 aliphatic heterocycles. The van der Waals surface area contributed by atoms with Gasteiger partial charge in [-0.25, -0.2) is 0 Å². The number of aliphatic hydroxyl groups excluding tert-OH is 5. The van der Waals surface area contributed by atoms with Gasteiger partial charge in [0.2, 0.25) is 0 Å². The molecule has 4 rings (SSSR count). The highest BCUT2D eigenvalue weighted by atomic mass is 16.7. The molecule has 0 amide bonds. The second-order valence-electron chi connectivity index (χ2n) is 9.47. The van der Waals surface area contributed by atoms with Crippen LogP contribution in [-0.2, 0) is 16.1 Å². The zero-order chi connectivity index (χ0) is 29.4. The van der Waals surface area contributed by atoms with Crippen LogP contribution in [0.5, 0.6) is 23.0 Å². The fourth-order valence-corrected chi connectivity index (χ4v) is 4.40. The van der Waals surface area contributed by atoms with Gasteiger partial charge in [-0.2, -0.15) is 0 Å². The van der Waals surface area contributed by atoms with Crippen molar-refractivity contribution in [2.45, 2.75) is 49.5 Å². The number of benzene rings is 3. The van der Waals surface area contributed by atoms with Crippen molar-refractivity contribution in [2.75, 3.05) is 27.4 Å². The molecule has 0 saturated carbocycles. The Hall–Kier alpha value is -3.42. The van der Waals surface area contributed by atoms with E-state index in [-0.39, 0.29) is 6.61 Å². The highest BCUT2D eigenvalue weighted by molar-refractivity contribution is 5.44. The number of methoxy groups -OCH3 is 2. The Balaban J connectivity index is 1.55. The Morgan fingerprint density at radius 2 is 1.46 bits per heavy atom. The molecule has 1 heterocycles. The van der Waals surface area contributed by atoms with E-state index in [4.69, 9.17) is 28.4 Å². The van der Waals surface area contributed by atoms with Crippen LogP contribution >= 0.6 is 0 Å². The summed E-state index contributed by atoms with van der Waals surface area (Å²) in [4.78, 5) is 0. The summed E-state index contributed by atoms with van der Waals surface area (Å²) in [7, 11) is 2.98. The van der Waals surface area contributed by atoms with Crippen LogP contribution in [0.2, 0.25) is 0 Å². The van der Waals surface area contributed by atoms with Crippen LogP contribution < -0.4 is 18.9 Å². The van der Waals surface area contributed by atoms with E-state index in [0.717, 1.165) is 5.56 Å². The zero-order valence-corrected chi connectivity index (χ0v) is 22.8. The second-order valence-corrected chi connectivity index (χ2v) is 9.47. The molecule has 3 aromatic rings. The maximum atomic E-state index is 11.4. The molecule has 11 nitrogen and oxygen atoms in total. The quantitative estimate of drug-likeness (QED) is 0.203. The molecule has 1 saturated heterocycles. The molecule has 7 atom stereocenters. The minimum absolute atomic E-state index is 0.323. The van der Waals surface area contributed by atoms with Crippen molar-refractivity contribution < 1.29 is 54.0 Å². The summed E-state index contributed by atoms with van der Waals surface area (Å²) in [5, 5.41) is 51.5. The summed E-state index contributed by atoms with van der Waals surface area (Å²) in [5.74, 6) is 1.61. The predicted octanol–water partition coefficient (Wildman–Crippen LogP) is 1.58. The fourth-order valence-electron chi connectivity index (χ4n) is 4.40. The first-order valence-electron chi connectivity index (χ1n) is 13.1. The van der Waals surface area contributed by atoms with Crippen LogP contribution in [-0.4, -0.2) is 89.8 Å². The van der Waals surface area contributed by atoms with Gasteiger partial charge in [0.1, 0.15) is 37.1 Å². The Bertz CT molecular complexity index is 1220. The highest BCUT2D eigenvalue weighted by Gasteiger charge is 2.44. The number of hydrogen-bond donors (Lipinski definition) is 5. The lowest BCUT2D eigenvalue weighted by Gasteiger charge is -2.40. The van der Waals surface area contributed by atoms with E-state index >= 15 is 0 Å². The van der Waals surface area contributed by atoms with Gasteiger partial charge in [-0.1, -0.05) is 48.5 Å². The lowest BCUT2D eigenvalue weighted by molar-refractivity contribution is -0.305. The molecule has 5 N–H and O–H groups in total. The van der Waals surface area contributed by atoms with E-state index < -0.39 is 49.5 Å². The minimum Gasteiger partial charge on any atom is -0.493 e. The van der Waals surface area contributed by atoms with E-state index in [9.17, 15) is 25.5 Å². The minimum atomic E-state index is -1.61. The Labute approximate surface area is 238 Å². The van der Waals surface area contributed by atoms with Crippen LogP contribution in [0.3, 0.4) is 0 Å². The first-order chi connectivity index (χ1) is 19.9. The lowest BCUT2D eigenvalue weighted by atomic mass is 9.99. The van der Waals surface area contributed by atoms with Gasteiger partial charge in [0.05, 0.1) is 27.4 Å². The summed E-state index contributed by atoms with van der Waals surface area (Å²) in [6, 6.07) is 21.5. The average molecular weight is 573 g/mol. The summed E-state index contributed by atoms with van der Waals surface area (Å²) in [6.07, 6.45) is -9.66. The zero-order valence-electron chi connectivity index (χ0n) is 22.8. The summed E-state index contributed by atoms with van der Waals surface area (Å²) in [6.45, 7) is -0.602. The maximum absolute atomic E-state index is 11.4. The van der Waals surface area contributed by atoms with Crippen LogP contribution in [0.1, 0.15) is 17.2 Å². The lowest BCUT2D eigenvalue weighted by Crippen LogP contribution is -2.59. The van der Waals surface area contributed by atoms with Gasteiger partial charge in [0.15, 0.2) is 35.4 Å². The molecule has 0 radical (unpaired) electrons. The van der Waals surface area contributed by atoms with E-state index in [0.29, 0.717) is 35.2 Å². The number of para-hydroxylation sites is 2. The van der Waals surface area contributed by atoms with Crippen molar-refractivity contribution in [3.8, 4) is 23.0 Å². The van der Waals surface area contributed by atoms with Gasteiger partial charge in [-0.15, -0.1) is 0 Å². The van der Waals surface area contributed by atoms with E-state index in [1.165, 1.54) is 14.2 Å². The van der Waals surface area contributed by atoms with Crippen LogP contribution in [0.4, 0.5) is 0 Å². The molecule has 0 bridgehead atoms. The third-order valence-corrected chi connectivity index (χ3v) is 6.74. The van der Waals surface area contributed by atoms with Gasteiger partial charge < -0.3 is 54.0 Å². The standard InChI is InChI=1S/C30H36O11/c1-36-20-10-6-7-11-22(20)40-25(17-39-30-29(35)28(34)27(33)24(15-31)41-30)26(32)19-12-13-21(23(14-19)37-2)38-16-18-8-4-3-5-9-18/h3-14,24-35H,15-17H2,1-2H3/t24-,25-,26+,27-,28+,29-,30-/m1/s1. The number of hydrogen-bond acceptors (Lipinski definition) is 11. The predicted molar refractivity (Wildman–Crippen MR) is 146 cm³/mol. The van der Waals surface area contributed by atoms with Gasteiger partial charge in [0.25, 0.3) is 0 Å². The van der Waals surface area contributed by atoms with Crippen molar-refractivity contribution in [1.82, 2.24) is 0 Å². The summed E-state index contributed by atoms with van der Waals surface area (Å²) in [5.41, 5.74) is 1.40. The van der Waals surface area contributed by atoms with E-state index in [2.05, 4.69) is 0 Å². The molecule has 1 fully saturated rings. The third kappa shape index (κ3) is 7.46. The molecule has 11 heteroatoms. The number of ether oxygens (including phenoxy) is 6. The molecular weight excluding hydrogens is 536 g/mol. The molecule has 0 spiro atoms. The van der Waals surface area contributed by atoms with Crippen molar-refractivity contribution in [2.24, 2.45) is 0 Å². The number of aliphatic hydroxyl groups is 5. The first kappa shape index (κ1) is 30.5. The molecule has 41 heavy (non-hydrogen) atoms. The van der Waals surface area contributed by atoms with Gasteiger partial charge in [-0.3, -0.25) is 0 Å². The van der Waals surface area contributed by atoms with Gasteiger partial charge in [-0.05, 0) is 35.4 Å². The molecular formula is C30H36O11. The van der Waals surface area contributed by atoms with E-state index in [1.807, 2.05) is 30.3 Å². The Kier molecular flexibility index (Phi) is 10.8. The van der Waals surface area contributed by atoms with Gasteiger partial charge in [0, 0.05) is 0 Å². The Morgan fingerprint density at radius 1 is 0.780 bits per heavy atom. The molecule has 0 aromatic heterocycles. The smallest absolute Gasteiger partial charge is 0.186 e. The van der Waals surface area contributed by atoms with Crippen molar-refractivity contribution >= 4 is 0 Å². The third-order valence-electron chi connectivity index (χ3n) is 6.74. The Morgan fingerprint density at radius 3 is 2.15 bits per heavy atom. The molecule has 0 aliphatic carbocycles. The average Bonchev–Trinajstić information content (AvgIpc) is 3.01. The van der Waals surface area contributed by atoms with Crippen molar-refractivity contribution in [3.05, 3.63) is 83.9 Å². The molecule has 222 valence electrons. The summed E-state index contributed by atoms with van der Waals surface area (Å²) >= 11 is 0. The normalized spacial score (nSPS) is 23.8. The largest absolute Gasteiger partial charge is 0.493 e. The fraction of sp³-hybridized carbons (Fsp3) is 0.400. The van der Waals surface area contributed by atoms with Crippen LogP contribution in [0, 0.1) is 0 Å². The van der Waals surface area contributed by atoms with Gasteiger partial charge >= 0.3 is 0 Å². The summed E-state index contributed by atoms with van der Waals surface area (Å²) < 4.78 is 34.1. The topological polar surface area (TPSA) is 157 Å². The van der Waals surface area contributed by atoms with Crippen LogP contribution in [0.25, 0.3) is 0 Å². The highest BCUT2D eigenvalue weighted by Crippen LogP contribution is 2.35. The number of rotatable bonds is 13. The monoisotopic (exact) mass is 572 g/mol. The second kappa shape index (κ2) is 14.5. The van der Waals surface area contributed by atoms with E-state index in [1.54, 1.807) is 42.5 Å². The SMILES string of the molecule is COc1cc([C@H](O)[C@@H](CO[C@@H]2O[C@H](CO)[C@@H](O)[C@H](O)[C@H]2O)Oc2ccccc2OC)ccc1OCc1ccccc1.